The second kappa shape index (κ2) is 7.29. The summed E-state index contributed by atoms with van der Waals surface area (Å²) in [7, 11) is 0. The van der Waals surface area contributed by atoms with Crippen LogP contribution in [0.25, 0.3) is 11.4 Å². The van der Waals surface area contributed by atoms with Crippen molar-refractivity contribution in [3.8, 4) is 11.4 Å². The molecule has 0 unspecified atom stereocenters. The number of pyridine rings is 1. The van der Waals surface area contributed by atoms with Crippen molar-refractivity contribution >= 4 is 11.3 Å². The van der Waals surface area contributed by atoms with E-state index in [-0.39, 0.29) is 11.6 Å². The van der Waals surface area contributed by atoms with Gasteiger partial charge in [-0.2, -0.15) is 0 Å². The summed E-state index contributed by atoms with van der Waals surface area (Å²) >= 11 is 1.78. The molecule has 1 N–H and O–H groups in total. The molecule has 3 aromatic heterocycles. The zero-order chi connectivity index (χ0) is 17.1. The van der Waals surface area contributed by atoms with Gasteiger partial charge in [-0.05, 0) is 43.0 Å². The number of rotatable bonds is 4. The van der Waals surface area contributed by atoms with E-state index in [1.54, 1.807) is 29.8 Å². The van der Waals surface area contributed by atoms with E-state index >= 15 is 0 Å². The third kappa shape index (κ3) is 3.70. The maximum atomic E-state index is 12.2. The topological polar surface area (TPSA) is 61.9 Å². The first-order valence-corrected chi connectivity index (χ1v) is 9.46. The molecule has 0 spiro atoms. The number of aromatic amines is 1. The molecule has 1 aliphatic heterocycles. The van der Waals surface area contributed by atoms with Crippen molar-refractivity contribution in [3.63, 3.8) is 0 Å². The lowest BCUT2D eigenvalue weighted by Gasteiger charge is -2.35. The van der Waals surface area contributed by atoms with Gasteiger partial charge in [0.2, 0.25) is 0 Å². The molecular formula is C19H20N4OS. The molecule has 5 nitrogen and oxygen atoms in total. The van der Waals surface area contributed by atoms with E-state index in [4.69, 9.17) is 4.98 Å². The summed E-state index contributed by atoms with van der Waals surface area (Å²) in [5.74, 6) is 0.617. The average molecular weight is 352 g/mol. The second-order valence-electron chi connectivity index (χ2n) is 6.32. The minimum atomic E-state index is -0.0986. The summed E-state index contributed by atoms with van der Waals surface area (Å²) in [5.41, 5.74) is 1.65. The number of likely N-dealkylation sites (tertiary alicyclic amines) is 1. The molecule has 1 aliphatic rings. The molecule has 1 atom stereocenters. The van der Waals surface area contributed by atoms with Gasteiger partial charge in [-0.3, -0.25) is 14.7 Å². The molecular weight excluding hydrogens is 332 g/mol. The largest absolute Gasteiger partial charge is 0.307 e. The van der Waals surface area contributed by atoms with Crippen LogP contribution in [0.3, 0.4) is 0 Å². The van der Waals surface area contributed by atoms with Gasteiger partial charge in [0.05, 0.1) is 11.7 Å². The normalized spacial score (nSPS) is 18.3. The minimum absolute atomic E-state index is 0.0986. The maximum absolute atomic E-state index is 12.2. The van der Waals surface area contributed by atoms with E-state index in [0.717, 1.165) is 30.8 Å². The quantitative estimate of drug-likeness (QED) is 0.779. The van der Waals surface area contributed by atoms with Crippen molar-refractivity contribution in [2.75, 3.05) is 6.54 Å². The fourth-order valence-electron chi connectivity index (χ4n) is 3.41. The Balaban J connectivity index is 1.67. The van der Waals surface area contributed by atoms with Gasteiger partial charge in [0.25, 0.3) is 5.56 Å². The number of H-pyrrole nitrogens is 1. The Hall–Kier alpha value is -2.31. The summed E-state index contributed by atoms with van der Waals surface area (Å²) in [4.78, 5) is 27.7. The molecule has 0 amide bonds. The Labute approximate surface area is 150 Å². The van der Waals surface area contributed by atoms with Gasteiger partial charge in [0.15, 0.2) is 0 Å². The highest BCUT2D eigenvalue weighted by Gasteiger charge is 2.26. The number of aromatic nitrogens is 3. The molecule has 0 aliphatic carbocycles. The summed E-state index contributed by atoms with van der Waals surface area (Å²) in [5, 5.41) is 2.11. The fourth-order valence-corrected chi connectivity index (χ4v) is 4.14. The molecule has 1 fully saturated rings. The first-order valence-electron chi connectivity index (χ1n) is 8.58. The lowest BCUT2D eigenvalue weighted by Crippen LogP contribution is -2.34. The third-order valence-electron chi connectivity index (χ3n) is 4.61. The van der Waals surface area contributed by atoms with Crippen LogP contribution in [0.2, 0.25) is 0 Å². The molecule has 3 aromatic rings. The van der Waals surface area contributed by atoms with Gasteiger partial charge in [0, 0.05) is 35.4 Å². The van der Waals surface area contributed by atoms with Gasteiger partial charge in [-0.25, -0.2) is 4.98 Å². The van der Waals surface area contributed by atoms with E-state index in [1.807, 2.05) is 12.1 Å². The standard InChI is InChI=1S/C19H20N4OS/c24-18-12-16(21-19(22-18)14-6-8-20-9-7-14)17-5-1-2-10-23(17)13-15-4-3-11-25-15/h3-4,6-9,11-12,17H,1-2,5,10,13H2,(H,21,22,24)/t17-/m0/s1. The monoisotopic (exact) mass is 352 g/mol. The molecule has 128 valence electrons. The molecule has 0 bridgehead atoms. The van der Waals surface area contributed by atoms with E-state index in [0.29, 0.717) is 5.82 Å². The Morgan fingerprint density at radius 3 is 2.92 bits per heavy atom. The van der Waals surface area contributed by atoms with Crippen molar-refractivity contribution in [1.82, 2.24) is 19.9 Å². The zero-order valence-corrected chi connectivity index (χ0v) is 14.7. The molecule has 0 aromatic carbocycles. The van der Waals surface area contributed by atoms with Crippen LogP contribution in [0.1, 0.15) is 35.9 Å². The predicted octanol–water partition coefficient (Wildman–Crippen LogP) is 3.62. The summed E-state index contributed by atoms with van der Waals surface area (Å²) in [6.07, 6.45) is 6.84. The van der Waals surface area contributed by atoms with Crippen LogP contribution in [0.15, 0.2) is 52.9 Å². The lowest BCUT2D eigenvalue weighted by atomic mass is 9.99. The van der Waals surface area contributed by atoms with Crippen LogP contribution < -0.4 is 5.56 Å². The van der Waals surface area contributed by atoms with Crippen LogP contribution >= 0.6 is 11.3 Å². The number of hydrogen-bond acceptors (Lipinski definition) is 5. The molecule has 0 radical (unpaired) electrons. The lowest BCUT2D eigenvalue weighted by molar-refractivity contribution is 0.138. The molecule has 25 heavy (non-hydrogen) atoms. The van der Waals surface area contributed by atoms with E-state index < -0.39 is 0 Å². The smallest absolute Gasteiger partial charge is 0.251 e. The first kappa shape index (κ1) is 16.2. The first-order chi connectivity index (χ1) is 12.3. The molecule has 1 saturated heterocycles. The molecule has 6 heteroatoms. The summed E-state index contributed by atoms with van der Waals surface area (Å²) in [6, 6.07) is 9.84. The van der Waals surface area contributed by atoms with Gasteiger partial charge in [-0.1, -0.05) is 12.5 Å². The SMILES string of the molecule is O=c1cc([C@@H]2CCCCN2Cc2cccs2)nc(-c2ccncc2)[nH]1. The van der Waals surface area contributed by atoms with Gasteiger partial charge in [-0.15, -0.1) is 11.3 Å². The Morgan fingerprint density at radius 1 is 1.24 bits per heavy atom. The van der Waals surface area contributed by atoms with Crippen molar-refractivity contribution in [3.05, 3.63) is 69.0 Å². The van der Waals surface area contributed by atoms with Gasteiger partial charge < -0.3 is 4.98 Å². The van der Waals surface area contributed by atoms with E-state index in [2.05, 4.69) is 32.4 Å². The van der Waals surface area contributed by atoms with Crippen molar-refractivity contribution in [2.24, 2.45) is 0 Å². The number of nitrogens with one attached hydrogen (secondary N) is 1. The molecule has 4 heterocycles. The van der Waals surface area contributed by atoms with Crippen molar-refractivity contribution < 1.29 is 0 Å². The number of piperidine rings is 1. The fraction of sp³-hybridized carbons (Fsp3) is 0.316. The van der Waals surface area contributed by atoms with Crippen molar-refractivity contribution in [1.29, 1.82) is 0 Å². The van der Waals surface area contributed by atoms with Gasteiger partial charge >= 0.3 is 0 Å². The van der Waals surface area contributed by atoms with Crippen LogP contribution in [0.4, 0.5) is 0 Å². The summed E-state index contributed by atoms with van der Waals surface area (Å²) in [6.45, 7) is 1.96. The number of hydrogen-bond donors (Lipinski definition) is 1. The van der Waals surface area contributed by atoms with Crippen molar-refractivity contribution in [2.45, 2.75) is 31.8 Å². The second-order valence-corrected chi connectivity index (χ2v) is 7.35. The average Bonchev–Trinajstić information content (AvgIpc) is 3.15. The Bertz CT molecular complexity index is 876. The predicted molar refractivity (Wildman–Crippen MR) is 99.4 cm³/mol. The van der Waals surface area contributed by atoms with Crippen LogP contribution in [-0.4, -0.2) is 26.4 Å². The highest BCUT2D eigenvalue weighted by atomic mass is 32.1. The number of thiophene rings is 1. The zero-order valence-electron chi connectivity index (χ0n) is 13.9. The highest BCUT2D eigenvalue weighted by molar-refractivity contribution is 7.09. The van der Waals surface area contributed by atoms with Crippen LogP contribution in [-0.2, 0) is 6.54 Å². The Morgan fingerprint density at radius 2 is 2.12 bits per heavy atom. The summed E-state index contributed by atoms with van der Waals surface area (Å²) < 4.78 is 0. The molecule has 4 rings (SSSR count). The van der Waals surface area contributed by atoms with Crippen LogP contribution in [0.5, 0.6) is 0 Å². The van der Waals surface area contributed by atoms with Gasteiger partial charge in [0.1, 0.15) is 5.82 Å². The minimum Gasteiger partial charge on any atom is -0.307 e. The highest BCUT2D eigenvalue weighted by Crippen LogP contribution is 2.32. The van der Waals surface area contributed by atoms with E-state index in [1.165, 1.54) is 17.7 Å². The maximum Gasteiger partial charge on any atom is 0.251 e. The van der Waals surface area contributed by atoms with E-state index in [9.17, 15) is 4.79 Å². The van der Waals surface area contributed by atoms with Crippen LogP contribution in [0, 0.1) is 0 Å². The third-order valence-corrected chi connectivity index (χ3v) is 5.47. The Kier molecular flexibility index (Phi) is 4.72. The molecule has 0 saturated carbocycles. The number of nitrogens with zero attached hydrogens (tertiary/aromatic N) is 3.